The summed E-state index contributed by atoms with van der Waals surface area (Å²) in [4.78, 5) is 18.8. The molecule has 0 unspecified atom stereocenters. The van der Waals surface area contributed by atoms with E-state index < -0.39 is 0 Å². The molecule has 0 radical (unpaired) electrons. The van der Waals surface area contributed by atoms with Crippen LogP contribution < -0.4 is 0 Å². The van der Waals surface area contributed by atoms with E-state index in [0.29, 0.717) is 13.0 Å². The van der Waals surface area contributed by atoms with Gasteiger partial charge in [-0.15, -0.1) is 11.3 Å². The minimum Gasteiger partial charge on any atom is -0.374 e. The maximum Gasteiger partial charge on any atom is 0.228 e. The average Bonchev–Trinajstić information content (AvgIpc) is 2.76. The summed E-state index contributed by atoms with van der Waals surface area (Å²) in [6, 6.07) is 0.289. The van der Waals surface area contributed by atoms with Crippen molar-refractivity contribution in [3.8, 4) is 0 Å². The summed E-state index contributed by atoms with van der Waals surface area (Å²) in [5.41, 5.74) is 1.03. The van der Waals surface area contributed by atoms with Gasteiger partial charge in [-0.05, 0) is 32.0 Å². The Morgan fingerprint density at radius 1 is 1.50 bits per heavy atom. The smallest absolute Gasteiger partial charge is 0.228 e. The Bertz CT molecular complexity index is 550. The molecule has 2 atom stereocenters. The predicted molar refractivity (Wildman–Crippen MR) is 81.7 cm³/mol. The highest BCUT2D eigenvalue weighted by Gasteiger charge is 2.36. The van der Waals surface area contributed by atoms with Crippen molar-refractivity contribution in [3.05, 3.63) is 14.5 Å². The number of aryl methyl sites for hydroxylation is 1. The van der Waals surface area contributed by atoms with Crippen molar-refractivity contribution >= 4 is 29.5 Å². The highest BCUT2D eigenvalue weighted by Crippen LogP contribution is 2.29. The molecule has 0 aromatic carbocycles. The lowest BCUT2D eigenvalue weighted by Crippen LogP contribution is -2.55. The molecule has 2 fully saturated rings. The Balaban J connectivity index is 1.72. The van der Waals surface area contributed by atoms with Crippen molar-refractivity contribution in [2.24, 2.45) is 0 Å². The fourth-order valence-corrected chi connectivity index (χ4v) is 4.53. The van der Waals surface area contributed by atoms with E-state index in [2.05, 4.69) is 9.88 Å². The number of carbonyl (C=O) groups excluding carboxylic acids is 1. The molecule has 1 aliphatic heterocycles. The summed E-state index contributed by atoms with van der Waals surface area (Å²) in [5, 5.41) is 0. The zero-order valence-corrected chi connectivity index (χ0v) is 13.3. The second-order valence-corrected chi connectivity index (χ2v) is 7.36. The zero-order chi connectivity index (χ0) is 14.1. The van der Waals surface area contributed by atoms with Crippen LogP contribution in [0.25, 0.3) is 0 Å². The van der Waals surface area contributed by atoms with Crippen molar-refractivity contribution in [1.82, 2.24) is 9.88 Å². The molecular formula is C14H20N2O2S2. The quantitative estimate of drug-likeness (QED) is 0.854. The summed E-state index contributed by atoms with van der Waals surface area (Å²) in [6.07, 6.45) is 5.33. The molecule has 2 heterocycles. The van der Waals surface area contributed by atoms with E-state index >= 15 is 0 Å². The normalized spacial score (nSPS) is 26.4. The van der Waals surface area contributed by atoms with Gasteiger partial charge in [-0.25, -0.2) is 0 Å². The van der Waals surface area contributed by atoms with Crippen molar-refractivity contribution in [2.45, 2.75) is 51.2 Å². The monoisotopic (exact) mass is 312 g/mol. The van der Waals surface area contributed by atoms with Crippen LogP contribution in [0.1, 0.15) is 36.3 Å². The number of carbonyl (C=O) groups is 1. The maximum atomic E-state index is 12.6. The molecule has 3 rings (SSSR count). The van der Waals surface area contributed by atoms with Crippen LogP contribution in [-0.4, -0.2) is 41.1 Å². The van der Waals surface area contributed by atoms with Crippen molar-refractivity contribution in [1.29, 1.82) is 0 Å². The highest BCUT2D eigenvalue weighted by atomic mass is 32.1. The van der Waals surface area contributed by atoms with Crippen molar-refractivity contribution in [3.63, 3.8) is 0 Å². The standard InChI is InChI=1S/C14H20N2O2S2/c1-9-12(20-14(19)15-9)8-13(17)16-6-7-18-11-5-3-2-4-10(11)16/h10-11H,2-8H2,1H3,(H,15,19)/t10-,11-/m1/s1. The van der Waals surface area contributed by atoms with E-state index in [1.54, 1.807) is 0 Å². The summed E-state index contributed by atoms with van der Waals surface area (Å²) >= 11 is 6.66. The average molecular weight is 312 g/mol. The molecule has 1 saturated carbocycles. The number of H-pyrrole nitrogens is 1. The lowest BCUT2D eigenvalue weighted by Gasteiger charge is -2.43. The highest BCUT2D eigenvalue weighted by molar-refractivity contribution is 7.73. The fourth-order valence-electron chi connectivity index (χ4n) is 3.25. The Hall–Kier alpha value is -0.720. The molecule has 1 aromatic heterocycles. The number of morpholine rings is 1. The topological polar surface area (TPSA) is 45.3 Å². The van der Waals surface area contributed by atoms with Crippen LogP contribution in [0.4, 0.5) is 0 Å². The lowest BCUT2D eigenvalue weighted by molar-refractivity contribution is -0.148. The number of nitrogens with zero attached hydrogens (tertiary/aromatic N) is 1. The predicted octanol–water partition coefficient (Wildman–Crippen LogP) is 2.83. The molecule has 0 spiro atoms. The first kappa shape index (κ1) is 14.2. The number of aromatic nitrogens is 1. The molecule has 2 aliphatic rings. The lowest BCUT2D eigenvalue weighted by atomic mass is 9.90. The molecule has 4 nitrogen and oxygen atoms in total. The van der Waals surface area contributed by atoms with Crippen molar-refractivity contribution < 1.29 is 9.53 Å². The summed E-state index contributed by atoms with van der Waals surface area (Å²) in [6.45, 7) is 3.39. The molecule has 1 saturated heterocycles. The number of thiazole rings is 1. The van der Waals surface area contributed by atoms with Gasteiger partial charge >= 0.3 is 0 Å². The SMILES string of the molecule is Cc1[nH]c(=S)sc1CC(=O)N1CCO[C@@H]2CCCC[C@H]21. The van der Waals surface area contributed by atoms with E-state index in [1.165, 1.54) is 24.2 Å². The van der Waals surface area contributed by atoms with Crippen LogP contribution in [0.15, 0.2) is 0 Å². The number of amides is 1. The van der Waals surface area contributed by atoms with Gasteiger partial charge in [0.25, 0.3) is 0 Å². The third-order valence-electron chi connectivity index (χ3n) is 4.29. The van der Waals surface area contributed by atoms with E-state index in [9.17, 15) is 4.79 Å². The number of rotatable bonds is 2. The van der Waals surface area contributed by atoms with Gasteiger partial charge in [0.1, 0.15) is 0 Å². The molecule has 20 heavy (non-hydrogen) atoms. The number of fused-ring (bicyclic) bond motifs is 1. The van der Waals surface area contributed by atoms with Gasteiger partial charge in [-0.3, -0.25) is 4.79 Å². The first-order valence-corrected chi connectivity index (χ1v) is 8.47. The molecule has 1 amide bonds. The van der Waals surface area contributed by atoms with Crippen LogP contribution in [0.2, 0.25) is 0 Å². The van der Waals surface area contributed by atoms with Crippen LogP contribution in [-0.2, 0) is 16.0 Å². The third-order valence-corrected chi connectivity index (χ3v) is 5.62. The molecule has 0 bridgehead atoms. The Morgan fingerprint density at radius 2 is 2.30 bits per heavy atom. The fraction of sp³-hybridized carbons (Fsp3) is 0.714. The molecular weight excluding hydrogens is 292 g/mol. The second kappa shape index (κ2) is 5.95. The van der Waals surface area contributed by atoms with Gasteiger partial charge in [0, 0.05) is 17.1 Å². The van der Waals surface area contributed by atoms with E-state index in [4.69, 9.17) is 17.0 Å². The number of ether oxygens (including phenoxy) is 1. The Morgan fingerprint density at radius 3 is 3.05 bits per heavy atom. The van der Waals surface area contributed by atoms with Crippen LogP contribution >= 0.6 is 23.6 Å². The first-order chi connectivity index (χ1) is 9.65. The van der Waals surface area contributed by atoms with E-state index in [0.717, 1.165) is 33.9 Å². The minimum atomic E-state index is 0.221. The van der Waals surface area contributed by atoms with Gasteiger partial charge in [0.2, 0.25) is 5.91 Å². The molecule has 1 aliphatic carbocycles. The van der Waals surface area contributed by atoms with Gasteiger partial charge in [-0.2, -0.15) is 0 Å². The number of aromatic amines is 1. The summed E-state index contributed by atoms with van der Waals surface area (Å²) < 4.78 is 6.58. The van der Waals surface area contributed by atoms with Gasteiger partial charge < -0.3 is 14.6 Å². The largest absolute Gasteiger partial charge is 0.374 e. The van der Waals surface area contributed by atoms with E-state index in [1.807, 2.05) is 6.92 Å². The van der Waals surface area contributed by atoms with Crippen LogP contribution in [0.5, 0.6) is 0 Å². The number of hydrogen-bond donors (Lipinski definition) is 1. The second-order valence-electron chi connectivity index (χ2n) is 5.59. The maximum absolute atomic E-state index is 12.6. The van der Waals surface area contributed by atoms with E-state index in [-0.39, 0.29) is 18.1 Å². The minimum absolute atomic E-state index is 0.221. The van der Waals surface area contributed by atoms with Crippen molar-refractivity contribution in [2.75, 3.05) is 13.2 Å². The first-order valence-electron chi connectivity index (χ1n) is 7.25. The zero-order valence-electron chi connectivity index (χ0n) is 11.7. The Labute approximate surface area is 128 Å². The van der Waals surface area contributed by atoms with Crippen LogP contribution in [0.3, 0.4) is 0 Å². The summed E-state index contributed by atoms with van der Waals surface area (Å²) in [7, 11) is 0. The van der Waals surface area contributed by atoms with Gasteiger partial charge in [0.15, 0.2) is 3.95 Å². The third kappa shape index (κ3) is 2.82. The Kier molecular flexibility index (Phi) is 4.23. The molecule has 1 N–H and O–H groups in total. The number of nitrogens with one attached hydrogen (secondary N) is 1. The van der Waals surface area contributed by atoms with Crippen LogP contribution in [0, 0.1) is 10.9 Å². The molecule has 6 heteroatoms. The summed E-state index contributed by atoms with van der Waals surface area (Å²) in [5.74, 6) is 0.221. The molecule has 110 valence electrons. The van der Waals surface area contributed by atoms with Gasteiger partial charge in [0.05, 0.1) is 25.2 Å². The number of hydrogen-bond acceptors (Lipinski definition) is 4. The van der Waals surface area contributed by atoms with Gasteiger partial charge in [-0.1, -0.05) is 12.8 Å². The molecule has 1 aromatic rings.